The lowest BCUT2D eigenvalue weighted by Crippen LogP contribution is -2.37. The van der Waals surface area contributed by atoms with Crippen molar-refractivity contribution in [3.8, 4) is 0 Å². The predicted octanol–water partition coefficient (Wildman–Crippen LogP) is 13.6. The van der Waals surface area contributed by atoms with Gasteiger partial charge in [-0.1, -0.05) is 177 Å². The Morgan fingerprint density at radius 3 is 1.73 bits per heavy atom. The summed E-state index contributed by atoms with van der Waals surface area (Å²) in [7, 11) is 1.39. The summed E-state index contributed by atoms with van der Waals surface area (Å²) < 4.78 is 34.3. The number of aliphatic hydroxyl groups excluding tert-OH is 1. The van der Waals surface area contributed by atoms with Crippen LogP contribution < -0.4 is 0 Å². The second-order valence-corrected chi connectivity index (χ2v) is 19.1. The standard InChI is InChI=1S/C52H92NO9P/c1-6-8-10-12-14-15-16-17-18-19-20-21-22-23-24-25-26-27-31-35-39-43-51(55)59-47-50(48-61-63(57,58)60-46-45-53(3,4)5)62-52(56)44-40-36-32-29-28-30-34-38-42-49(54)41-37-33-13-11-9-7-2/h9,11,17-18,29-30,32-34,37-38,42,49-50,54H,6-8,10,12-16,19-28,31,35-36,39-41,43-48H2,1-5H3/p+1/b11-9-,18-17-,32-29-,34-30-,37-33-,42-38+/t49?,50-/m1/s1. The van der Waals surface area contributed by atoms with Gasteiger partial charge >= 0.3 is 19.8 Å². The quantitative estimate of drug-likeness (QED) is 0.0153. The molecule has 0 heterocycles. The van der Waals surface area contributed by atoms with Gasteiger partial charge in [-0.05, 0) is 70.6 Å². The summed E-state index contributed by atoms with van der Waals surface area (Å²) in [6, 6.07) is 0. The smallest absolute Gasteiger partial charge is 0.462 e. The van der Waals surface area contributed by atoms with Crippen LogP contribution >= 0.6 is 7.82 Å². The Morgan fingerprint density at radius 2 is 1.11 bits per heavy atom. The van der Waals surface area contributed by atoms with Crippen LogP contribution in [0.3, 0.4) is 0 Å². The minimum Gasteiger partial charge on any atom is -0.462 e. The van der Waals surface area contributed by atoms with E-state index in [0.29, 0.717) is 30.3 Å². The van der Waals surface area contributed by atoms with Crippen LogP contribution in [0.2, 0.25) is 0 Å². The lowest BCUT2D eigenvalue weighted by Gasteiger charge is -2.24. The topological polar surface area (TPSA) is 129 Å². The number of esters is 2. The van der Waals surface area contributed by atoms with Crippen molar-refractivity contribution >= 4 is 19.8 Å². The Kier molecular flexibility index (Phi) is 41.5. The molecule has 0 aliphatic heterocycles. The van der Waals surface area contributed by atoms with Crippen LogP contribution in [0.4, 0.5) is 0 Å². The van der Waals surface area contributed by atoms with Gasteiger partial charge in [0.05, 0.1) is 33.9 Å². The zero-order chi connectivity index (χ0) is 46.5. The minimum absolute atomic E-state index is 0.00692. The Morgan fingerprint density at radius 1 is 0.587 bits per heavy atom. The third kappa shape index (κ3) is 47.2. The molecule has 0 radical (unpaired) electrons. The highest BCUT2D eigenvalue weighted by Gasteiger charge is 2.27. The highest BCUT2D eigenvalue weighted by Crippen LogP contribution is 2.43. The monoisotopic (exact) mass is 907 g/mol. The van der Waals surface area contributed by atoms with Crippen LogP contribution in [0.15, 0.2) is 72.9 Å². The third-order valence-corrected chi connectivity index (χ3v) is 11.3. The lowest BCUT2D eigenvalue weighted by molar-refractivity contribution is -0.870. The van der Waals surface area contributed by atoms with Crippen molar-refractivity contribution in [2.45, 2.75) is 199 Å². The van der Waals surface area contributed by atoms with Gasteiger partial charge in [-0.2, -0.15) is 0 Å². The average Bonchev–Trinajstić information content (AvgIpc) is 3.23. The van der Waals surface area contributed by atoms with Gasteiger partial charge in [0.15, 0.2) is 6.10 Å². The fourth-order valence-electron chi connectivity index (χ4n) is 6.42. The molecule has 0 bridgehead atoms. The average molecular weight is 907 g/mol. The first kappa shape index (κ1) is 60.4. The fraction of sp³-hybridized carbons (Fsp3) is 0.731. The van der Waals surface area contributed by atoms with Crippen LogP contribution in [0.5, 0.6) is 0 Å². The van der Waals surface area contributed by atoms with Crippen LogP contribution in [0.1, 0.15) is 187 Å². The summed E-state index contributed by atoms with van der Waals surface area (Å²) in [5, 5.41) is 10.0. The Bertz CT molecular complexity index is 1320. The predicted molar refractivity (Wildman–Crippen MR) is 262 cm³/mol. The first-order valence-electron chi connectivity index (χ1n) is 24.8. The Hall–Kier alpha value is -2.59. The maximum atomic E-state index is 12.7. The summed E-state index contributed by atoms with van der Waals surface area (Å²) in [6.45, 7) is 4.15. The van der Waals surface area contributed by atoms with E-state index in [-0.39, 0.29) is 26.1 Å². The number of nitrogens with zero attached hydrogens (tertiary/aromatic N) is 1. The number of carbonyl (C=O) groups excluding carboxylic acids is 2. The molecule has 0 fully saturated rings. The van der Waals surface area contributed by atoms with Gasteiger partial charge in [0.25, 0.3) is 0 Å². The summed E-state index contributed by atoms with van der Waals surface area (Å²) >= 11 is 0. The number of phosphoric acid groups is 1. The highest BCUT2D eigenvalue weighted by atomic mass is 31.2. The summed E-state index contributed by atoms with van der Waals surface area (Å²) in [5.74, 6) is -0.908. The maximum Gasteiger partial charge on any atom is 0.472 e. The summed E-state index contributed by atoms with van der Waals surface area (Å²) in [4.78, 5) is 35.5. The van der Waals surface area contributed by atoms with E-state index in [1.54, 1.807) is 6.08 Å². The molecule has 10 nitrogen and oxygen atoms in total. The molecule has 63 heavy (non-hydrogen) atoms. The van der Waals surface area contributed by atoms with E-state index < -0.39 is 38.6 Å². The molecule has 0 aromatic carbocycles. The molecule has 0 aromatic heterocycles. The van der Waals surface area contributed by atoms with Crippen LogP contribution in [-0.4, -0.2) is 86.1 Å². The van der Waals surface area contributed by atoms with Crippen LogP contribution in [0, 0.1) is 0 Å². The van der Waals surface area contributed by atoms with E-state index in [2.05, 4.69) is 44.2 Å². The molecule has 0 aliphatic rings. The zero-order valence-electron chi connectivity index (χ0n) is 40.6. The van der Waals surface area contributed by atoms with Crippen molar-refractivity contribution < 1.29 is 47.2 Å². The van der Waals surface area contributed by atoms with Gasteiger partial charge < -0.3 is 24.0 Å². The van der Waals surface area contributed by atoms with E-state index in [1.807, 2.05) is 57.6 Å². The van der Waals surface area contributed by atoms with Crippen molar-refractivity contribution in [3.05, 3.63) is 72.9 Å². The molecule has 0 aliphatic carbocycles. The zero-order valence-corrected chi connectivity index (χ0v) is 41.5. The van der Waals surface area contributed by atoms with Gasteiger partial charge in [0.2, 0.25) is 0 Å². The lowest BCUT2D eigenvalue weighted by atomic mass is 10.0. The number of phosphoric ester groups is 1. The van der Waals surface area contributed by atoms with Crippen molar-refractivity contribution in [3.63, 3.8) is 0 Å². The number of rotatable bonds is 44. The molecule has 3 atom stereocenters. The van der Waals surface area contributed by atoms with E-state index in [0.717, 1.165) is 38.5 Å². The number of ether oxygens (including phenoxy) is 2. The van der Waals surface area contributed by atoms with E-state index >= 15 is 0 Å². The van der Waals surface area contributed by atoms with Gasteiger partial charge in [-0.15, -0.1) is 0 Å². The molecule has 0 aromatic rings. The number of quaternary nitrogens is 1. The Balaban J connectivity index is 4.40. The number of hydrogen-bond donors (Lipinski definition) is 2. The Labute approximate surface area is 385 Å². The SMILES string of the molecule is CC/C=C\C/C=C\CC(O)/C=C/C=C\C/C=C\CCCC(=O)O[C@H](COC(=O)CCCCCCCCCCCCC/C=C\CCCCCCCC)COP(=O)(O)OCC[N+](C)(C)C. The number of likely N-dealkylation sites (N-methyl/N-ethyl adjacent to an activating group) is 1. The summed E-state index contributed by atoms with van der Waals surface area (Å²) in [6.07, 6.45) is 51.4. The van der Waals surface area contributed by atoms with E-state index in [9.17, 15) is 24.2 Å². The second kappa shape index (κ2) is 43.3. The largest absolute Gasteiger partial charge is 0.472 e. The molecule has 0 rings (SSSR count). The molecule has 0 saturated heterocycles. The number of unbranched alkanes of at least 4 members (excludes halogenated alkanes) is 18. The van der Waals surface area contributed by atoms with Crippen molar-refractivity contribution in [2.24, 2.45) is 0 Å². The molecule has 0 amide bonds. The fourth-order valence-corrected chi connectivity index (χ4v) is 7.16. The van der Waals surface area contributed by atoms with Crippen molar-refractivity contribution in [1.82, 2.24) is 0 Å². The molecule has 2 N–H and O–H groups in total. The first-order chi connectivity index (χ1) is 30.4. The highest BCUT2D eigenvalue weighted by molar-refractivity contribution is 7.47. The van der Waals surface area contributed by atoms with Gasteiger partial charge in [-0.25, -0.2) is 4.57 Å². The van der Waals surface area contributed by atoms with Crippen LogP contribution in [0.25, 0.3) is 0 Å². The van der Waals surface area contributed by atoms with Gasteiger partial charge in [0.1, 0.15) is 19.8 Å². The number of aliphatic hydroxyl groups is 1. The van der Waals surface area contributed by atoms with Crippen molar-refractivity contribution in [2.75, 3.05) is 47.5 Å². The molecule has 11 heteroatoms. The van der Waals surface area contributed by atoms with Gasteiger partial charge in [0, 0.05) is 12.8 Å². The van der Waals surface area contributed by atoms with E-state index in [1.165, 1.54) is 103 Å². The normalized spacial score (nSPS) is 14.6. The van der Waals surface area contributed by atoms with Gasteiger partial charge in [-0.3, -0.25) is 18.6 Å². The molecule has 364 valence electrons. The second-order valence-electron chi connectivity index (χ2n) is 17.7. The molecular formula is C52H93NO9P+. The first-order valence-corrected chi connectivity index (χ1v) is 26.3. The molecule has 2 unspecified atom stereocenters. The number of carbonyl (C=O) groups is 2. The summed E-state index contributed by atoms with van der Waals surface area (Å²) in [5.41, 5.74) is 0. The number of allylic oxidation sites excluding steroid dienone is 10. The maximum absolute atomic E-state index is 12.7. The molecular weight excluding hydrogens is 814 g/mol. The number of hydrogen-bond acceptors (Lipinski definition) is 8. The van der Waals surface area contributed by atoms with Crippen molar-refractivity contribution in [1.29, 1.82) is 0 Å². The molecule has 0 saturated carbocycles. The third-order valence-electron chi connectivity index (χ3n) is 10.3. The minimum atomic E-state index is -4.41. The molecule has 0 spiro atoms. The van der Waals surface area contributed by atoms with Crippen LogP contribution in [-0.2, 0) is 32.7 Å². The van der Waals surface area contributed by atoms with E-state index in [4.69, 9.17) is 18.5 Å².